The molecule has 0 radical (unpaired) electrons. The third kappa shape index (κ3) is 2.55. The molecular formula is C12H22N2O3. The number of hydrogen-bond donors (Lipinski definition) is 1. The molecule has 2 heterocycles. The Balaban J connectivity index is 1.87. The van der Waals surface area contributed by atoms with E-state index < -0.39 is 5.60 Å². The van der Waals surface area contributed by atoms with Gasteiger partial charge in [0, 0.05) is 12.6 Å². The molecule has 0 unspecified atom stereocenters. The van der Waals surface area contributed by atoms with Crippen LogP contribution in [0.1, 0.15) is 27.7 Å². The molecule has 0 aromatic rings. The van der Waals surface area contributed by atoms with Crippen molar-refractivity contribution >= 4 is 6.09 Å². The Morgan fingerprint density at radius 1 is 1.47 bits per heavy atom. The first-order valence-corrected chi connectivity index (χ1v) is 6.18. The molecule has 0 bridgehead atoms. The number of likely N-dealkylation sites (tertiary alicyclic amines) is 1. The number of rotatable bonds is 0. The first-order valence-electron chi connectivity index (χ1n) is 6.18. The molecule has 1 N–H and O–H groups in total. The van der Waals surface area contributed by atoms with Crippen LogP contribution in [0.2, 0.25) is 0 Å². The number of hydrogen-bond acceptors (Lipinski definition) is 4. The van der Waals surface area contributed by atoms with Crippen LogP contribution in [0, 0.1) is 0 Å². The molecule has 2 aliphatic rings. The fraction of sp³-hybridized carbons (Fsp3) is 0.917. The molecule has 0 aliphatic carbocycles. The van der Waals surface area contributed by atoms with E-state index in [-0.39, 0.29) is 17.7 Å². The maximum Gasteiger partial charge on any atom is 0.410 e. The molecule has 0 aromatic heterocycles. The Hall–Kier alpha value is -0.810. The average molecular weight is 242 g/mol. The average Bonchev–Trinajstić information content (AvgIpc) is 2.12. The molecule has 5 heteroatoms. The zero-order chi connectivity index (χ0) is 12.7. The maximum absolute atomic E-state index is 11.8. The summed E-state index contributed by atoms with van der Waals surface area (Å²) < 4.78 is 11.1. The van der Waals surface area contributed by atoms with Crippen LogP contribution in [-0.2, 0) is 9.47 Å². The predicted molar refractivity (Wildman–Crippen MR) is 64.0 cm³/mol. The third-order valence-corrected chi connectivity index (χ3v) is 3.30. The standard InChI is InChI=1S/C12H22N2O3/c1-9-12(16-6-5-13-9)7-14(8-12)10(15)17-11(2,3)4/h9,13H,5-8H2,1-4H3/t9-/m1/s1. The van der Waals surface area contributed by atoms with Gasteiger partial charge in [0.15, 0.2) is 0 Å². The van der Waals surface area contributed by atoms with Crippen LogP contribution in [0.25, 0.3) is 0 Å². The molecule has 1 atom stereocenters. The monoisotopic (exact) mass is 242 g/mol. The van der Waals surface area contributed by atoms with Gasteiger partial charge in [0.2, 0.25) is 0 Å². The summed E-state index contributed by atoms with van der Waals surface area (Å²) >= 11 is 0. The largest absolute Gasteiger partial charge is 0.444 e. The molecule has 0 aromatic carbocycles. The van der Waals surface area contributed by atoms with Crippen molar-refractivity contribution in [1.82, 2.24) is 10.2 Å². The van der Waals surface area contributed by atoms with E-state index in [0.717, 1.165) is 6.54 Å². The van der Waals surface area contributed by atoms with Crippen molar-refractivity contribution in [2.45, 2.75) is 44.9 Å². The summed E-state index contributed by atoms with van der Waals surface area (Å²) in [5.41, 5.74) is -0.633. The normalized spacial score (nSPS) is 27.8. The Bertz CT molecular complexity index is 305. The van der Waals surface area contributed by atoms with Crippen molar-refractivity contribution < 1.29 is 14.3 Å². The van der Waals surface area contributed by atoms with Gasteiger partial charge in [-0.05, 0) is 27.7 Å². The Kier molecular flexibility index (Phi) is 3.08. The highest BCUT2D eigenvalue weighted by molar-refractivity contribution is 5.69. The Morgan fingerprint density at radius 2 is 2.12 bits per heavy atom. The first-order chi connectivity index (χ1) is 7.82. The topological polar surface area (TPSA) is 50.8 Å². The summed E-state index contributed by atoms with van der Waals surface area (Å²) in [6.45, 7) is 10.6. The van der Waals surface area contributed by atoms with E-state index in [1.807, 2.05) is 20.8 Å². The van der Waals surface area contributed by atoms with Crippen LogP contribution >= 0.6 is 0 Å². The molecule has 17 heavy (non-hydrogen) atoms. The summed E-state index contributed by atoms with van der Waals surface area (Å²) in [5.74, 6) is 0. The lowest BCUT2D eigenvalue weighted by atomic mass is 9.86. The van der Waals surface area contributed by atoms with Gasteiger partial charge in [0.1, 0.15) is 11.2 Å². The number of ether oxygens (including phenoxy) is 2. The van der Waals surface area contributed by atoms with Crippen molar-refractivity contribution in [3.05, 3.63) is 0 Å². The smallest absolute Gasteiger partial charge is 0.410 e. The molecule has 98 valence electrons. The van der Waals surface area contributed by atoms with E-state index in [9.17, 15) is 4.79 Å². The van der Waals surface area contributed by atoms with E-state index in [2.05, 4.69) is 12.2 Å². The highest BCUT2D eigenvalue weighted by Gasteiger charge is 2.52. The van der Waals surface area contributed by atoms with Gasteiger partial charge in [-0.15, -0.1) is 0 Å². The first kappa shape index (κ1) is 12.6. The predicted octanol–water partition coefficient (Wildman–Crippen LogP) is 0.984. The summed E-state index contributed by atoms with van der Waals surface area (Å²) in [6.07, 6.45) is -0.246. The molecule has 2 fully saturated rings. The van der Waals surface area contributed by atoms with Crippen LogP contribution < -0.4 is 5.32 Å². The SMILES string of the molecule is C[C@H]1NCCOC12CN(C(=O)OC(C)(C)C)C2. The van der Waals surface area contributed by atoms with E-state index >= 15 is 0 Å². The number of carbonyl (C=O) groups excluding carboxylic acids is 1. The molecule has 1 amide bonds. The van der Waals surface area contributed by atoms with E-state index in [1.165, 1.54) is 0 Å². The van der Waals surface area contributed by atoms with Crippen LogP contribution in [0.3, 0.4) is 0 Å². The van der Waals surface area contributed by atoms with Crippen LogP contribution in [-0.4, -0.2) is 54.5 Å². The van der Waals surface area contributed by atoms with Gasteiger partial charge in [-0.3, -0.25) is 0 Å². The van der Waals surface area contributed by atoms with E-state index in [1.54, 1.807) is 4.90 Å². The molecule has 1 spiro atoms. The summed E-state index contributed by atoms with van der Waals surface area (Å²) in [6, 6.07) is 0.287. The summed E-state index contributed by atoms with van der Waals surface area (Å²) in [5, 5.41) is 3.38. The minimum atomic E-state index is -0.433. The summed E-state index contributed by atoms with van der Waals surface area (Å²) in [7, 11) is 0. The van der Waals surface area contributed by atoms with Gasteiger partial charge < -0.3 is 19.7 Å². The maximum atomic E-state index is 11.8. The molecule has 2 rings (SSSR count). The van der Waals surface area contributed by atoms with Crippen molar-refractivity contribution in [3.63, 3.8) is 0 Å². The number of nitrogens with zero attached hydrogens (tertiary/aromatic N) is 1. The second kappa shape index (κ2) is 4.14. The van der Waals surface area contributed by atoms with Gasteiger partial charge in [-0.2, -0.15) is 0 Å². The van der Waals surface area contributed by atoms with Gasteiger partial charge in [-0.1, -0.05) is 0 Å². The number of carbonyl (C=O) groups is 1. The fourth-order valence-corrected chi connectivity index (χ4v) is 2.26. The quantitative estimate of drug-likeness (QED) is 0.688. The van der Waals surface area contributed by atoms with Crippen LogP contribution in [0.5, 0.6) is 0 Å². The third-order valence-electron chi connectivity index (χ3n) is 3.30. The number of amides is 1. The molecule has 0 saturated carbocycles. The number of morpholine rings is 1. The van der Waals surface area contributed by atoms with E-state index in [4.69, 9.17) is 9.47 Å². The molecular weight excluding hydrogens is 220 g/mol. The lowest BCUT2D eigenvalue weighted by molar-refractivity contribution is -0.171. The fourth-order valence-electron chi connectivity index (χ4n) is 2.26. The van der Waals surface area contributed by atoms with Crippen molar-refractivity contribution in [3.8, 4) is 0 Å². The van der Waals surface area contributed by atoms with Gasteiger partial charge in [-0.25, -0.2) is 4.79 Å². The highest BCUT2D eigenvalue weighted by atomic mass is 16.6. The van der Waals surface area contributed by atoms with Gasteiger partial charge >= 0.3 is 6.09 Å². The molecule has 5 nitrogen and oxygen atoms in total. The second-order valence-electron chi connectivity index (χ2n) is 5.93. The Labute approximate surface area is 102 Å². The minimum Gasteiger partial charge on any atom is -0.444 e. The minimum absolute atomic E-state index is 0.199. The zero-order valence-corrected chi connectivity index (χ0v) is 11.1. The molecule has 2 aliphatic heterocycles. The lowest BCUT2D eigenvalue weighted by Gasteiger charge is -2.54. The lowest BCUT2D eigenvalue weighted by Crippen LogP contribution is -2.74. The van der Waals surface area contributed by atoms with Crippen molar-refractivity contribution in [2.24, 2.45) is 0 Å². The van der Waals surface area contributed by atoms with Crippen LogP contribution in [0.15, 0.2) is 0 Å². The van der Waals surface area contributed by atoms with E-state index in [0.29, 0.717) is 19.7 Å². The Morgan fingerprint density at radius 3 is 2.65 bits per heavy atom. The van der Waals surface area contributed by atoms with Crippen molar-refractivity contribution in [2.75, 3.05) is 26.2 Å². The van der Waals surface area contributed by atoms with Gasteiger partial charge in [0.25, 0.3) is 0 Å². The summed E-state index contributed by atoms with van der Waals surface area (Å²) in [4.78, 5) is 13.5. The number of nitrogens with one attached hydrogen (secondary N) is 1. The van der Waals surface area contributed by atoms with Gasteiger partial charge in [0.05, 0.1) is 19.7 Å². The highest BCUT2D eigenvalue weighted by Crippen LogP contribution is 2.31. The second-order valence-corrected chi connectivity index (χ2v) is 5.93. The van der Waals surface area contributed by atoms with Crippen molar-refractivity contribution in [1.29, 1.82) is 0 Å². The molecule has 2 saturated heterocycles. The van der Waals surface area contributed by atoms with Crippen LogP contribution in [0.4, 0.5) is 4.79 Å². The zero-order valence-electron chi connectivity index (χ0n) is 11.1.